The van der Waals surface area contributed by atoms with E-state index in [2.05, 4.69) is 20.8 Å². The minimum atomic E-state index is -0.395. The van der Waals surface area contributed by atoms with Gasteiger partial charge in [-0.1, -0.05) is 26.3 Å². The summed E-state index contributed by atoms with van der Waals surface area (Å²) in [5.41, 5.74) is 1.29. The molecule has 0 aromatic rings. The average molecular weight is 330 g/mol. The van der Waals surface area contributed by atoms with Gasteiger partial charge in [-0.25, -0.2) is 0 Å². The fraction of sp³-hybridized carbons (Fsp3) is 0.810. The Morgan fingerprint density at radius 1 is 1.17 bits per heavy atom. The summed E-state index contributed by atoms with van der Waals surface area (Å²) in [6, 6.07) is 0. The van der Waals surface area contributed by atoms with Crippen LogP contribution in [0, 0.1) is 34.5 Å². The predicted molar refractivity (Wildman–Crippen MR) is 92.3 cm³/mol. The molecule has 0 bridgehead atoms. The Morgan fingerprint density at radius 3 is 2.62 bits per heavy atom. The van der Waals surface area contributed by atoms with Crippen molar-refractivity contribution in [3.05, 3.63) is 11.6 Å². The van der Waals surface area contributed by atoms with Crippen molar-refractivity contribution in [1.82, 2.24) is 0 Å². The van der Waals surface area contributed by atoms with Gasteiger partial charge < -0.3 is 5.11 Å². The van der Waals surface area contributed by atoms with Crippen molar-refractivity contribution in [1.29, 1.82) is 0 Å². The average Bonchev–Trinajstić information content (AvgIpc) is 2.78. The van der Waals surface area contributed by atoms with Crippen LogP contribution in [0.4, 0.5) is 0 Å². The second kappa shape index (κ2) is 5.27. The fourth-order valence-electron chi connectivity index (χ4n) is 7.12. The van der Waals surface area contributed by atoms with Crippen molar-refractivity contribution in [2.24, 2.45) is 34.5 Å². The van der Waals surface area contributed by atoms with Crippen LogP contribution in [-0.2, 0) is 9.59 Å². The lowest BCUT2D eigenvalue weighted by atomic mass is 9.46. The molecule has 0 aromatic carbocycles. The molecule has 4 aliphatic carbocycles. The Hall–Kier alpha value is -0.960. The maximum Gasteiger partial charge on any atom is 0.155 e. The Kier molecular flexibility index (Phi) is 3.62. The standard InChI is InChI=1S/C21H30O3/c1-4-14-17(23)11-16-19-15(6-8-21(14,16)3)20(2)7-5-13(22)9-12(20)10-18(19)24/h9,14-16,18-19,24H,4-8,10-11H2,1-3H3/t14-,15-,16-,18-,19+,20-,21+/m0/s1. The van der Waals surface area contributed by atoms with E-state index in [1.165, 1.54) is 5.57 Å². The van der Waals surface area contributed by atoms with Gasteiger partial charge in [-0.05, 0) is 66.8 Å². The van der Waals surface area contributed by atoms with E-state index in [9.17, 15) is 14.7 Å². The van der Waals surface area contributed by atoms with Gasteiger partial charge in [-0.3, -0.25) is 9.59 Å². The second-order valence-corrected chi connectivity index (χ2v) is 9.29. The maximum atomic E-state index is 12.6. The van der Waals surface area contributed by atoms with Crippen molar-refractivity contribution in [3.8, 4) is 0 Å². The molecule has 4 rings (SSSR count). The number of ketones is 2. The summed E-state index contributed by atoms with van der Waals surface area (Å²) in [7, 11) is 0. The zero-order valence-corrected chi connectivity index (χ0v) is 15.2. The van der Waals surface area contributed by atoms with Crippen molar-refractivity contribution in [2.75, 3.05) is 0 Å². The van der Waals surface area contributed by atoms with Crippen LogP contribution in [-0.4, -0.2) is 22.8 Å². The number of Topliss-reactive ketones (excluding diaryl/α,β-unsaturated/α-hetero) is 1. The van der Waals surface area contributed by atoms with Crippen LogP contribution < -0.4 is 0 Å². The molecule has 0 radical (unpaired) electrons. The van der Waals surface area contributed by atoms with Crippen LogP contribution in [0.1, 0.15) is 65.7 Å². The van der Waals surface area contributed by atoms with Gasteiger partial charge in [-0.15, -0.1) is 0 Å². The van der Waals surface area contributed by atoms with E-state index in [1.54, 1.807) is 0 Å². The van der Waals surface area contributed by atoms with E-state index in [1.807, 2.05) is 6.08 Å². The number of rotatable bonds is 1. The SMILES string of the molecule is CC[C@H]1C(=O)C[C@H]2[C@@H]3[C@@H](O)CC4=CC(=O)CC[C@]4(C)[C@H]3CC[C@]12C. The predicted octanol–water partition coefficient (Wildman–Crippen LogP) is 3.69. The zero-order valence-electron chi connectivity index (χ0n) is 15.2. The summed E-state index contributed by atoms with van der Waals surface area (Å²) in [6.45, 7) is 6.75. The maximum absolute atomic E-state index is 12.6. The first-order chi connectivity index (χ1) is 11.3. The minimum absolute atomic E-state index is 0.0481. The molecule has 0 saturated heterocycles. The summed E-state index contributed by atoms with van der Waals surface area (Å²) in [4.78, 5) is 24.5. The first kappa shape index (κ1) is 16.5. The third-order valence-electron chi connectivity index (χ3n) is 8.44. The first-order valence-electron chi connectivity index (χ1n) is 9.76. The zero-order chi connectivity index (χ0) is 17.3. The molecule has 1 N–H and O–H groups in total. The summed E-state index contributed by atoms with van der Waals surface area (Å²) in [6.07, 6.45) is 7.36. The molecule has 0 heterocycles. The first-order valence-corrected chi connectivity index (χ1v) is 9.76. The molecular weight excluding hydrogens is 300 g/mol. The molecule has 0 aromatic heterocycles. The molecular formula is C21H30O3. The molecule has 0 spiro atoms. The molecule has 4 aliphatic rings. The monoisotopic (exact) mass is 330 g/mol. The van der Waals surface area contributed by atoms with Crippen molar-refractivity contribution in [3.63, 3.8) is 0 Å². The molecule has 3 saturated carbocycles. The van der Waals surface area contributed by atoms with Gasteiger partial charge >= 0.3 is 0 Å². The normalized spacial score (nSPS) is 50.8. The number of carbonyl (C=O) groups excluding carboxylic acids is 2. The molecule has 3 heteroatoms. The third kappa shape index (κ3) is 2.00. The lowest BCUT2D eigenvalue weighted by Crippen LogP contribution is -2.55. The lowest BCUT2D eigenvalue weighted by Gasteiger charge is -2.59. The van der Waals surface area contributed by atoms with Gasteiger partial charge in [0.1, 0.15) is 5.78 Å². The summed E-state index contributed by atoms with van der Waals surface area (Å²) >= 11 is 0. The van der Waals surface area contributed by atoms with Crippen LogP contribution in [0.2, 0.25) is 0 Å². The number of fused-ring (bicyclic) bond motifs is 5. The Balaban J connectivity index is 1.74. The molecule has 0 amide bonds. The Labute approximate surface area is 144 Å². The van der Waals surface area contributed by atoms with Gasteiger partial charge in [0.15, 0.2) is 5.78 Å². The van der Waals surface area contributed by atoms with Crippen molar-refractivity contribution in [2.45, 2.75) is 71.8 Å². The van der Waals surface area contributed by atoms with Crippen LogP contribution in [0.25, 0.3) is 0 Å². The number of hydrogen-bond acceptors (Lipinski definition) is 3. The molecule has 24 heavy (non-hydrogen) atoms. The van der Waals surface area contributed by atoms with E-state index in [4.69, 9.17) is 0 Å². The number of carbonyl (C=O) groups is 2. The Morgan fingerprint density at radius 2 is 1.92 bits per heavy atom. The van der Waals surface area contributed by atoms with Crippen LogP contribution >= 0.6 is 0 Å². The van der Waals surface area contributed by atoms with Crippen LogP contribution in [0.15, 0.2) is 11.6 Å². The number of hydrogen-bond donors (Lipinski definition) is 1. The highest BCUT2D eigenvalue weighted by Crippen LogP contribution is 2.66. The van der Waals surface area contributed by atoms with Gasteiger partial charge in [0, 0.05) is 18.8 Å². The molecule has 7 atom stereocenters. The summed E-state index contributed by atoms with van der Waals surface area (Å²) in [5.74, 6) is 1.77. The molecule has 3 fully saturated rings. The third-order valence-corrected chi connectivity index (χ3v) is 8.44. The van der Waals surface area contributed by atoms with Crippen molar-refractivity contribution < 1.29 is 14.7 Å². The molecule has 3 nitrogen and oxygen atoms in total. The van der Waals surface area contributed by atoms with E-state index >= 15 is 0 Å². The van der Waals surface area contributed by atoms with Crippen LogP contribution in [0.5, 0.6) is 0 Å². The molecule has 0 aliphatic heterocycles. The highest BCUT2D eigenvalue weighted by Gasteiger charge is 2.62. The molecule has 0 unspecified atom stereocenters. The van der Waals surface area contributed by atoms with Gasteiger partial charge in [0.25, 0.3) is 0 Å². The lowest BCUT2D eigenvalue weighted by molar-refractivity contribution is -0.125. The van der Waals surface area contributed by atoms with Crippen molar-refractivity contribution >= 4 is 11.6 Å². The molecule has 132 valence electrons. The minimum Gasteiger partial charge on any atom is -0.392 e. The van der Waals surface area contributed by atoms with Gasteiger partial charge in [-0.2, -0.15) is 0 Å². The van der Waals surface area contributed by atoms with E-state index in [-0.39, 0.29) is 28.4 Å². The van der Waals surface area contributed by atoms with Gasteiger partial charge in [0.05, 0.1) is 6.10 Å². The fourth-order valence-corrected chi connectivity index (χ4v) is 7.12. The summed E-state index contributed by atoms with van der Waals surface area (Å²) in [5, 5.41) is 11.0. The highest BCUT2D eigenvalue weighted by atomic mass is 16.3. The van der Waals surface area contributed by atoms with E-state index in [0.717, 1.165) is 25.7 Å². The van der Waals surface area contributed by atoms with E-state index < -0.39 is 6.10 Å². The topological polar surface area (TPSA) is 54.4 Å². The van der Waals surface area contributed by atoms with Gasteiger partial charge in [0.2, 0.25) is 0 Å². The quantitative estimate of drug-likeness (QED) is 0.797. The summed E-state index contributed by atoms with van der Waals surface area (Å²) < 4.78 is 0. The largest absolute Gasteiger partial charge is 0.392 e. The highest BCUT2D eigenvalue weighted by molar-refractivity contribution is 5.91. The second-order valence-electron chi connectivity index (χ2n) is 9.29. The number of aliphatic hydroxyl groups is 1. The number of aliphatic hydroxyl groups excluding tert-OH is 1. The smallest absolute Gasteiger partial charge is 0.155 e. The van der Waals surface area contributed by atoms with Crippen LogP contribution in [0.3, 0.4) is 0 Å². The Bertz CT molecular complexity index is 621. The van der Waals surface area contributed by atoms with E-state index in [0.29, 0.717) is 36.9 Å².